The van der Waals surface area contributed by atoms with E-state index in [1.54, 1.807) is 7.05 Å². The van der Waals surface area contributed by atoms with E-state index in [0.29, 0.717) is 6.54 Å². The molecule has 7 nitrogen and oxygen atoms in total. The second-order valence-electron chi connectivity index (χ2n) is 7.89. The molecule has 0 radical (unpaired) electrons. The van der Waals surface area contributed by atoms with Crippen LogP contribution < -0.4 is 21.3 Å². The van der Waals surface area contributed by atoms with Crippen molar-refractivity contribution >= 4 is 41.7 Å². The van der Waals surface area contributed by atoms with Gasteiger partial charge in [0.1, 0.15) is 5.82 Å². The highest BCUT2D eigenvalue weighted by atomic mass is 127. The van der Waals surface area contributed by atoms with Crippen LogP contribution in [0.25, 0.3) is 0 Å². The third-order valence-corrected chi connectivity index (χ3v) is 5.23. The van der Waals surface area contributed by atoms with Gasteiger partial charge < -0.3 is 21.3 Å². The Bertz CT molecular complexity index is 644. The quantitative estimate of drug-likeness (QED) is 0.203. The number of unbranched alkanes of at least 4 members (excludes halogenated alkanes) is 1. The van der Waals surface area contributed by atoms with Gasteiger partial charge in [-0.3, -0.25) is 9.79 Å². The maximum Gasteiger partial charge on any atom is 0.220 e. The summed E-state index contributed by atoms with van der Waals surface area (Å²) in [6.45, 7) is 7.71. The fraction of sp³-hybridized carbons (Fsp3) is 0.667. The normalized spacial score (nSPS) is 15.2. The molecule has 164 valence electrons. The minimum Gasteiger partial charge on any atom is -0.369 e. The van der Waals surface area contributed by atoms with Crippen molar-refractivity contribution in [3.63, 3.8) is 0 Å². The summed E-state index contributed by atoms with van der Waals surface area (Å²) in [7, 11) is 1.79. The molecule has 8 heteroatoms. The first-order valence-corrected chi connectivity index (χ1v) is 10.4. The van der Waals surface area contributed by atoms with Crippen molar-refractivity contribution in [2.75, 3.05) is 31.6 Å². The van der Waals surface area contributed by atoms with Crippen LogP contribution in [0.4, 0.5) is 5.82 Å². The molecule has 1 aliphatic heterocycles. The summed E-state index contributed by atoms with van der Waals surface area (Å²) in [5.41, 5.74) is 6.58. The number of pyridine rings is 1. The van der Waals surface area contributed by atoms with Crippen LogP contribution in [0, 0.1) is 11.8 Å². The van der Waals surface area contributed by atoms with Crippen molar-refractivity contribution in [3.05, 3.63) is 23.9 Å². The molecular formula is C21H37IN6O. The van der Waals surface area contributed by atoms with Crippen LogP contribution in [0.3, 0.4) is 0 Å². The van der Waals surface area contributed by atoms with Crippen LogP contribution in [0.15, 0.2) is 23.3 Å². The minimum absolute atomic E-state index is 0. The summed E-state index contributed by atoms with van der Waals surface area (Å²) in [4.78, 5) is 22.5. The predicted molar refractivity (Wildman–Crippen MR) is 131 cm³/mol. The number of carbonyl (C=O) groups excluding carboxylic acids is 1. The van der Waals surface area contributed by atoms with E-state index in [2.05, 4.69) is 45.4 Å². The van der Waals surface area contributed by atoms with E-state index in [-0.39, 0.29) is 35.8 Å². The van der Waals surface area contributed by atoms with Gasteiger partial charge in [-0.05, 0) is 31.2 Å². The molecule has 0 spiro atoms. The fourth-order valence-corrected chi connectivity index (χ4v) is 3.51. The van der Waals surface area contributed by atoms with Crippen molar-refractivity contribution in [1.29, 1.82) is 0 Å². The second-order valence-corrected chi connectivity index (χ2v) is 7.89. The Balaban J connectivity index is 0.00000420. The summed E-state index contributed by atoms with van der Waals surface area (Å²) in [6, 6.07) is 4.05. The third kappa shape index (κ3) is 8.76. The number of piperidine rings is 1. The molecule has 4 N–H and O–H groups in total. The number of halogens is 1. The number of aliphatic imine (C=N–C) groups is 1. The molecular weight excluding hydrogens is 479 g/mol. The zero-order valence-corrected chi connectivity index (χ0v) is 20.3. The molecule has 0 unspecified atom stereocenters. The van der Waals surface area contributed by atoms with Gasteiger partial charge in [-0.25, -0.2) is 4.98 Å². The average Bonchev–Trinajstić information content (AvgIpc) is 2.70. The van der Waals surface area contributed by atoms with Crippen molar-refractivity contribution in [2.45, 2.75) is 52.5 Å². The number of aromatic nitrogens is 1. The van der Waals surface area contributed by atoms with Crippen LogP contribution in [-0.4, -0.2) is 43.5 Å². The summed E-state index contributed by atoms with van der Waals surface area (Å²) in [5, 5.41) is 6.77. The Kier molecular flexibility index (Phi) is 11.9. The van der Waals surface area contributed by atoms with Gasteiger partial charge in [0, 0.05) is 50.9 Å². The molecule has 0 aromatic carbocycles. The second kappa shape index (κ2) is 13.6. The number of amides is 1. The van der Waals surface area contributed by atoms with Gasteiger partial charge in [0.15, 0.2) is 5.96 Å². The number of carbonyl (C=O) groups is 1. The number of rotatable bonds is 9. The van der Waals surface area contributed by atoms with E-state index in [9.17, 15) is 4.79 Å². The van der Waals surface area contributed by atoms with Crippen LogP contribution in [0.5, 0.6) is 0 Å². The van der Waals surface area contributed by atoms with Gasteiger partial charge >= 0.3 is 0 Å². The largest absolute Gasteiger partial charge is 0.369 e. The standard InChI is InChI=1S/C21H36N6O.HI/c1-16(2)7-4-5-11-25-21(23-3)26-15-18-8-6-12-24-20(18)27-13-9-17(10-14-27)19(22)28;/h6,8,12,16-17H,4-5,7,9-11,13-15H2,1-3H3,(H2,22,28)(H2,23,25,26);1H. The highest BCUT2D eigenvalue weighted by Crippen LogP contribution is 2.24. The topological polar surface area (TPSA) is 95.6 Å². The number of nitrogens with one attached hydrogen (secondary N) is 2. The lowest BCUT2D eigenvalue weighted by molar-refractivity contribution is -0.122. The van der Waals surface area contributed by atoms with Gasteiger partial charge in [-0.1, -0.05) is 32.8 Å². The molecule has 1 aromatic rings. The molecule has 0 saturated carbocycles. The molecule has 2 heterocycles. The highest BCUT2D eigenvalue weighted by Gasteiger charge is 2.24. The van der Waals surface area contributed by atoms with E-state index >= 15 is 0 Å². The zero-order chi connectivity index (χ0) is 20.4. The van der Waals surface area contributed by atoms with Gasteiger partial charge in [0.05, 0.1) is 0 Å². The van der Waals surface area contributed by atoms with E-state index in [1.807, 2.05) is 12.3 Å². The summed E-state index contributed by atoms with van der Waals surface area (Å²) in [5.74, 6) is 2.35. The number of nitrogens with two attached hydrogens (primary N) is 1. The number of nitrogens with zero attached hydrogens (tertiary/aromatic N) is 3. The molecule has 1 aromatic heterocycles. The molecule has 1 aliphatic rings. The third-order valence-electron chi connectivity index (χ3n) is 5.23. The number of anilines is 1. The van der Waals surface area contributed by atoms with Gasteiger partial charge in [0.2, 0.25) is 5.91 Å². The lowest BCUT2D eigenvalue weighted by Gasteiger charge is -2.32. The number of hydrogen-bond donors (Lipinski definition) is 3. The maximum atomic E-state index is 11.4. The van der Waals surface area contributed by atoms with Crippen LogP contribution in [0.2, 0.25) is 0 Å². The Morgan fingerprint density at radius 2 is 2.03 bits per heavy atom. The van der Waals surface area contributed by atoms with Gasteiger partial charge in [0.25, 0.3) is 0 Å². The van der Waals surface area contributed by atoms with Crippen molar-refractivity contribution < 1.29 is 4.79 Å². The maximum absolute atomic E-state index is 11.4. The Labute approximate surface area is 192 Å². The first-order valence-electron chi connectivity index (χ1n) is 10.4. The van der Waals surface area contributed by atoms with Crippen LogP contribution >= 0.6 is 24.0 Å². The van der Waals surface area contributed by atoms with Crippen molar-refractivity contribution in [2.24, 2.45) is 22.6 Å². The molecule has 1 fully saturated rings. The zero-order valence-electron chi connectivity index (χ0n) is 18.0. The van der Waals surface area contributed by atoms with Crippen molar-refractivity contribution in [3.8, 4) is 0 Å². The fourth-order valence-electron chi connectivity index (χ4n) is 3.51. The van der Waals surface area contributed by atoms with E-state index in [0.717, 1.165) is 62.2 Å². The number of hydrogen-bond acceptors (Lipinski definition) is 4. The van der Waals surface area contributed by atoms with Crippen LogP contribution in [-0.2, 0) is 11.3 Å². The first-order chi connectivity index (χ1) is 13.5. The molecule has 1 saturated heterocycles. The molecule has 2 rings (SSSR count). The van der Waals surface area contributed by atoms with Gasteiger partial charge in [-0.2, -0.15) is 0 Å². The molecule has 0 bridgehead atoms. The van der Waals surface area contributed by atoms with Gasteiger partial charge in [-0.15, -0.1) is 24.0 Å². The molecule has 1 amide bonds. The molecule has 0 aliphatic carbocycles. The summed E-state index contributed by atoms with van der Waals surface area (Å²) in [6.07, 6.45) is 7.04. The van der Waals surface area contributed by atoms with E-state index < -0.39 is 0 Å². The first kappa shape index (κ1) is 25.5. The van der Waals surface area contributed by atoms with E-state index in [4.69, 9.17) is 5.73 Å². The smallest absolute Gasteiger partial charge is 0.220 e. The predicted octanol–water partition coefficient (Wildman–Crippen LogP) is 2.89. The Morgan fingerprint density at radius 3 is 2.66 bits per heavy atom. The lowest BCUT2D eigenvalue weighted by Crippen LogP contribution is -2.40. The lowest BCUT2D eigenvalue weighted by atomic mass is 9.96. The Morgan fingerprint density at radius 1 is 1.31 bits per heavy atom. The molecule has 0 atom stereocenters. The monoisotopic (exact) mass is 516 g/mol. The number of guanidine groups is 1. The SMILES string of the molecule is CN=C(NCCCCC(C)C)NCc1cccnc1N1CCC(C(N)=O)CC1.I. The van der Waals surface area contributed by atoms with Crippen LogP contribution in [0.1, 0.15) is 51.5 Å². The van der Waals surface area contributed by atoms with E-state index in [1.165, 1.54) is 12.8 Å². The van der Waals surface area contributed by atoms with Crippen molar-refractivity contribution in [1.82, 2.24) is 15.6 Å². The minimum atomic E-state index is -0.189. The Hall–Kier alpha value is -1.58. The summed E-state index contributed by atoms with van der Waals surface area (Å²) >= 11 is 0. The molecule has 29 heavy (non-hydrogen) atoms. The average molecular weight is 516 g/mol. The summed E-state index contributed by atoms with van der Waals surface area (Å²) < 4.78 is 0. The number of primary amides is 1. The highest BCUT2D eigenvalue weighted by molar-refractivity contribution is 14.0.